The van der Waals surface area contributed by atoms with Crippen LogP contribution in [0.5, 0.6) is 0 Å². The first-order chi connectivity index (χ1) is 38.4. The van der Waals surface area contributed by atoms with Crippen molar-refractivity contribution >= 4 is 60.3 Å². The molecule has 0 aliphatic heterocycles. The third-order valence-electron chi connectivity index (χ3n) is 13.8. The van der Waals surface area contributed by atoms with Crippen LogP contribution in [0.3, 0.4) is 0 Å². The van der Waals surface area contributed by atoms with Gasteiger partial charge in [-0.1, -0.05) is 204 Å². The van der Waals surface area contributed by atoms with Gasteiger partial charge in [-0.2, -0.15) is 0 Å². The van der Waals surface area contributed by atoms with E-state index < -0.39 is 0 Å². The van der Waals surface area contributed by atoms with Crippen LogP contribution in [-0.4, -0.2) is 24.1 Å². The van der Waals surface area contributed by atoms with Gasteiger partial charge in [0.05, 0.1) is 16.6 Å². The Balaban J connectivity index is 0.000000175. The number of hydrogen-bond acceptors (Lipinski definition) is 3. The fourth-order valence-corrected chi connectivity index (χ4v) is 10.6. The van der Waals surface area contributed by atoms with E-state index in [1.807, 2.05) is 88.4 Å². The van der Waals surface area contributed by atoms with Crippen molar-refractivity contribution in [1.82, 2.24) is 24.1 Å². The summed E-state index contributed by atoms with van der Waals surface area (Å²) >= 11 is 0. The van der Waals surface area contributed by atoms with Crippen molar-refractivity contribution in [2.24, 2.45) is 0 Å². The molecule has 0 spiro atoms. The minimum Gasteiger partial charge on any atom is -0.310 e. The van der Waals surface area contributed by atoms with Gasteiger partial charge in [-0.3, -0.25) is 0 Å². The Morgan fingerprint density at radius 2 is 0.769 bits per heavy atom. The quantitative estimate of drug-likeness (QED) is 0.118. The maximum atomic E-state index is 4.97. The molecular weight excluding hydrogens is 947 g/mol. The molecule has 3 heterocycles. The molecule has 78 heavy (non-hydrogen) atoms. The first kappa shape index (κ1) is 53.2. The van der Waals surface area contributed by atoms with Crippen molar-refractivity contribution in [2.75, 3.05) is 0 Å². The highest BCUT2D eigenvalue weighted by atomic mass is 15.0. The summed E-state index contributed by atoms with van der Waals surface area (Å²) < 4.78 is 4.80. The standard InChI is InChI=1S/C36H25N3.C31H26N2.2C2H6.C2H2/c1-24-20-28(33-23-27-16-8-9-17-30(27)31-18-10-11-19-32(31)33)22-29(21-24)36-38-34(25-12-4-2-5-13-25)37-35(39-36)26-14-6-3-7-15-26;1-4-11-28-22(3)25-12-5-8-15-29(25)32(28)23-18-21(2)19-24(20-23)33-30-16-9-6-13-26(30)27-14-7-10-17-31(27)33;3*1-2/h2-23H,1H3;4-20H,1-3H3;2*1-2H3;1-2H/b;11-4-;;;. The molecule has 5 nitrogen and oxygen atoms in total. The number of para-hydroxylation sites is 3. The van der Waals surface area contributed by atoms with Gasteiger partial charge in [-0.15, -0.1) is 12.8 Å². The number of hydrogen-bond donors (Lipinski definition) is 0. The van der Waals surface area contributed by atoms with Gasteiger partial charge >= 0.3 is 0 Å². The van der Waals surface area contributed by atoms with E-state index in [1.165, 1.54) is 88.0 Å². The van der Waals surface area contributed by atoms with Crippen LogP contribution in [-0.2, 0) is 0 Å². The second-order valence-electron chi connectivity index (χ2n) is 18.6. The summed E-state index contributed by atoms with van der Waals surface area (Å²) in [6.45, 7) is 16.6. The van der Waals surface area contributed by atoms with Crippen molar-refractivity contribution in [3.05, 3.63) is 253 Å². The molecule has 382 valence electrons. The lowest BCUT2D eigenvalue weighted by atomic mass is 9.91. The molecule has 0 N–H and O–H groups in total. The largest absolute Gasteiger partial charge is 0.310 e. The first-order valence-electron chi connectivity index (χ1n) is 27.0. The Morgan fingerprint density at radius 1 is 0.359 bits per heavy atom. The Bertz CT molecular complexity index is 4140. The van der Waals surface area contributed by atoms with Gasteiger partial charge in [0.1, 0.15) is 0 Å². The number of fused-ring (bicyclic) bond motifs is 7. The molecule has 0 amide bonds. The fourth-order valence-electron chi connectivity index (χ4n) is 10.6. The Hall–Kier alpha value is -9.63. The monoisotopic (exact) mass is 1010 g/mol. The lowest BCUT2D eigenvalue weighted by Crippen LogP contribution is -2.01. The van der Waals surface area contributed by atoms with Gasteiger partial charge in [-0.25, -0.2) is 15.0 Å². The molecule has 0 saturated heterocycles. The summed E-state index contributed by atoms with van der Waals surface area (Å²) in [5.41, 5.74) is 16.3. The van der Waals surface area contributed by atoms with Crippen molar-refractivity contribution in [3.63, 3.8) is 0 Å². The minimum atomic E-state index is 0.665. The number of rotatable bonds is 7. The topological polar surface area (TPSA) is 48.5 Å². The van der Waals surface area contributed by atoms with E-state index in [0.29, 0.717) is 17.5 Å². The van der Waals surface area contributed by atoms with Crippen molar-refractivity contribution in [3.8, 4) is 69.5 Å². The first-order valence-corrected chi connectivity index (χ1v) is 27.0. The van der Waals surface area contributed by atoms with Crippen molar-refractivity contribution in [2.45, 2.75) is 55.4 Å². The lowest BCUT2D eigenvalue weighted by Gasteiger charge is -2.15. The third-order valence-corrected chi connectivity index (χ3v) is 13.8. The molecule has 0 atom stereocenters. The minimum absolute atomic E-state index is 0.665. The van der Waals surface area contributed by atoms with Crippen molar-refractivity contribution < 1.29 is 0 Å². The van der Waals surface area contributed by atoms with E-state index in [0.717, 1.165) is 27.8 Å². The van der Waals surface area contributed by atoms with E-state index in [-0.39, 0.29) is 0 Å². The Morgan fingerprint density at radius 3 is 1.32 bits per heavy atom. The normalized spacial score (nSPS) is 10.8. The highest BCUT2D eigenvalue weighted by Gasteiger charge is 2.18. The van der Waals surface area contributed by atoms with Crippen LogP contribution in [0.15, 0.2) is 231 Å². The number of allylic oxidation sites excluding steroid dienone is 1. The zero-order valence-corrected chi connectivity index (χ0v) is 45.9. The number of terminal acetylenes is 1. The van der Waals surface area contributed by atoms with E-state index in [2.05, 4.69) is 226 Å². The zero-order valence-electron chi connectivity index (χ0n) is 45.9. The van der Waals surface area contributed by atoms with Crippen LogP contribution in [0, 0.1) is 33.6 Å². The number of nitrogens with zero attached hydrogens (tertiary/aromatic N) is 5. The average molecular weight is 1010 g/mol. The van der Waals surface area contributed by atoms with Gasteiger partial charge < -0.3 is 9.13 Å². The SMILES string of the molecule is C#C.C/C=C\c1c(C)c2ccccc2n1-c1cc(C)cc(-n2c3ccccc3c3ccccc32)c1.CC.CC.Cc1cc(-c2nc(-c3ccccc3)nc(-c3ccccc3)n2)cc(-c2cc3ccccc3c3ccccc23)c1. The number of aryl methyl sites for hydroxylation is 3. The molecule has 0 bridgehead atoms. The number of benzene rings is 10. The fraction of sp³-hybridized carbons (Fsp3) is 0.110. The van der Waals surface area contributed by atoms with Gasteiger partial charge in [0.15, 0.2) is 17.5 Å². The summed E-state index contributed by atoms with van der Waals surface area (Å²) in [6.07, 6.45) is 12.3. The molecule has 0 aliphatic carbocycles. The van der Waals surface area contributed by atoms with Crippen LogP contribution in [0.2, 0.25) is 0 Å². The van der Waals surface area contributed by atoms with Gasteiger partial charge in [0.2, 0.25) is 0 Å². The summed E-state index contributed by atoms with van der Waals surface area (Å²) in [7, 11) is 0. The average Bonchev–Trinajstić information content (AvgIpc) is 4.14. The Labute approximate surface area is 459 Å². The molecule has 5 heteroatoms. The molecule has 0 radical (unpaired) electrons. The van der Waals surface area contributed by atoms with E-state index in [4.69, 9.17) is 15.0 Å². The summed E-state index contributed by atoms with van der Waals surface area (Å²) in [5, 5.41) is 8.85. The second-order valence-corrected chi connectivity index (χ2v) is 18.6. The van der Waals surface area contributed by atoms with Crippen LogP contribution in [0.25, 0.3) is 117 Å². The van der Waals surface area contributed by atoms with E-state index >= 15 is 0 Å². The summed E-state index contributed by atoms with van der Waals surface area (Å²) in [4.78, 5) is 14.8. The third kappa shape index (κ3) is 10.5. The molecule has 13 aromatic rings. The molecule has 0 unspecified atom stereocenters. The summed E-state index contributed by atoms with van der Waals surface area (Å²) in [6, 6.07) is 79.3. The predicted octanol–water partition coefficient (Wildman–Crippen LogP) is 19.8. The van der Waals surface area contributed by atoms with Crippen LogP contribution in [0.1, 0.15) is 57.0 Å². The molecule has 3 aromatic heterocycles. The molecule has 0 aliphatic rings. The molecule has 13 rings (SSSR count). The molecule has 0 fully saturated rings. The number of aromatic nitrogens is 5. The highest BCUT2D eigenvalue weighted by molar-refractivity contribution is 6.14. The van der Waals surface area contributed by atoms with E-state index in [9.17, 15) is 0 Å². The molecular formula is C73H65N5. The Kier molecular flexibility index (Phi) is 16.6. The smallest absolute Gasteiger partial charge is 0.164 e. The lowest BCUT2D eigenvalue weighted by molar-refractivity contribution is 1.07. The van der Waals surface area contributed by atoms with Crippen LogP contribution < -0.4 is 0 Å². The van der Waals surface area contributed by atoms with Gasteiger partial charge in [0, 0.05) is 49.9 Å². The van der Waals surface area contributed by atoms with Gasteiger partial charge in [-0.05, 0) is 138 Å². The van der Waals surface area contributed by atoms with E-state index in [1.54, 1.807) is 0 Å². The maximum absolute atomic E-state index is 4.97. The highest BCUT2D eigenvalue weighted by Crippen LogP contribution is 2.39. The molecule has 10 aromatic carbocycles. The summed E-state index contributed by atoms with van der Waals surface area (Å²) in [5.74, 6) is 2.00. The zero-order chi connectivity index (χ0) is 54.7. The second kappa shape index (κ2) is 24.4. The van der Waals surface area contributed by atoms with Crippen LogP contribution in [0.4, 0.5) is 0 Å². The molecule has 0 saturated carbocycles. The maximum Gasteiger partial charge on any atom is 0.164 e. The van der Waals surface area contributed by atoms with Gasteiger partial charge in [0.25, 0.3) is 0 Å². The van der Waals surface area contributed by atoms with Crippen LogP contribution >= 0.6 is 0 Å². The predicted molar refractivity (Wildman–Crippen MR) is 336 cm³/mol. The van der Waals surface area contributed by atoms with Crippen molar-refractivity contribution in [1.29, 1.82) is 0 Å².